The third kappa shape index (κ3) is 5.75. The molecule has 1 aromatic heterocycles. The molecule has 0 bridgehead atoms. The first-order valence-electron chi connectivity index (χ1n) is 10.6. The fraction of sp³-hybridized carbons (Fsp3) is 0.200. The molecule has 4 rings (SSSR count). The number of thiazole rings is 1. The molecule has 0 saturated heterocycles. The number of methoxy groups -OCH3 is 1. The average molecular weight is 515 g/mol. The number of hydrogen-bond donors (Lipinski definition) is 0. The molecule has 6 nitrogen and oxygen atoms in total. The van der Waals surface area contributed by atoms with Crippen molar-refractivity contribution in [2.24, 2.45) is 0 Å². The molecular formula is C25H23ClN2O4S2. The van der Waals surface area contributed by atoms with Gasteiger partial charge < -0.3 is 4.74 Å². The fourth-order valence-corrected chi connectivity index (χ4v) is 5.92. The lowest BCUT2D eigenvalue weighted by Crippen LogP contribution is -2.30. The summed E-state index contributed by atoms with van der Waals surface area (Å²) in [5.74, 6) is 0.411. The first-order chi connectivity index (χ1) is 16.4. The molecule has 0 N–H and O–H groups in total. The zero-order valence-electron chi connectivity index (χ0n) is 18.5. The van der Waals surface area contributed by atoms with Crippen LogP contribution in [0.25, 0.3) is 10.2 Å². The Morgan fingerprint density at radius 2 is 1.79 bits per heavy atom. The Hall–Kier alpha value is -2.94. The molecule has 4 aromatic rings. The maximum Gasteiger partial charge on any atom is 0.229 e. The van der Waals surface area contributed by atoms with Gasteiger partial charge in [-0.25, -0.2) is 13.4 Å². The Labute approximate surface area is 207 Å². The van der Waals surface area contributed by atoms with Gasteiger partial charge in [-0.3, -0.25) is 9.69 Å². The van der Waals surface area contributed by atoms with E-state index in [0.29, 0.717) is 16.7 Å². The number of carbonyl (C=O) groups excluding carboxylic acids is 1. The van der Waals surface area contributed by atoms with Crippen LogP contribution in [0.3, 0.4) is 0 Å². The Morgan fingerprint density at radius 3 is 2.50 bits per heavy atom. The van der Waals surface area contributed by atoms with Gasteiger partial charge in [-0.15, -0.1) is 0 Å². The van der Waals surface area contributed by atoms with E-state index in [0.717, 1.165) is 21.5 Å². The quantitative estimate of drug-likeness (QED) is 0.284. The largest absolute Gasteiger partial charge is 0.497 e. The second-order valence-corrected chi connectivity index (χ2v) is 11.2. The van der Waals surface area contributed by atoms with Crippen LogP contribution in [0.15, 0.2) is 77.7 Å². The average Bonchev–Trinajstić information content (AvgIpc) is 3.26. The zero-order valence-corrected chi connectivity index (χ0v) is 20.9. The summed E-state index contributed by atoms with van der Waals surface area (Å²) in [6.45, 7) is 0.348. The van der Waals surface area contributed by atoms with Crippen LogP contribution < -0.4 is 9.64 Å². The molecule has 0 saturated carbocycles. The Balaban J connectivity index is 1.53. The summed E-state index contributed by atoms with van der Waals surface area (Å²) in [5.41, 5.74) is 1.73. The van der Waals surface area contributed by atoms with Crippen molar-refractivity contribution in [3.05, 3.63) is 83.4 Å². The van der Waals surface area contributed by atoms with Crippen molar-refractivity contribution >= 4 is 54.0 Å². The van der Waals surface area contributed by atoms with Gasteiger partial charge in [0.1, 0.15) is 5.75 Å². The number of halogens is 1. The Morgan fingerprint density at radius 1 is 1.06 bits per heavy atom. The minimum atomic E-state index is -3.51. The monoisotopic (exact) mass is 514 g/mol. The SMILES string of the molecule is COc1ccc2nc(N(Cc3ccccc3)C(=O)CCCS(=O)(=O)c3ccc(Cl)cc3)sc2c1. The Bertz CT molecular complexity index is 1390. The lowest BCUT2D eigenvalue weighted by molar-refractivity contribution is -0.118. The zero-order chi connectivity index (χ0) is 24.1. The molecule has 1 heterocycles. The summed E-state index contributed by atoms with van der Waals surface area (Å²) in [6.07, 6.45) is 0.284. The summed E-state index contributed by atoms with van der Waals surface area (Å²) in [6, 6.07) is 21.3. The van der Waals surface area contributed by atoms with Gasteiger partial charge in [0.15, 0.2) is 15.0 Å². The summed E-state index contributed by atoms with van der Waals surface area (Å²) in [7, 11) is -1.90. The molecule has 3 aromatic carbocycles. The molecule has 176 valence electrons. The van der Waals surface area contributed by atoms with Crippen molar-refractivity contribution in [3.8, 4) is 5.75 Å². The van der Waals surface area contributed by atoms with Crippen LogP contribution in [0.5, 0.6) is 5.75 Å². The van der Waals surface area contributed by atoms with E-state index >= 15 is 0 Å². The van der Waals surface area contributed by atoms with Gasteiger partial charge in [0.25, 0.3) is 0 Å². The minimum absolute atomic E-state index is 0.0822. The van der Waals surface area contributed by atoms with E-state index in [9.17, 15) is 13.2 Å². The van der Waals surface area contributed by atoms with Gasteiger partial charge in [-0.1, -0.05) is 53.3 Å². The number of ether oxygens (including phenoxy) is 1. The molecule has 0 aliphatic carbocycles. The fourth-order valence-electron chi connectivity index (χ4n) is 3.47. The molecule has 0 aliphatic rings. The second kappa shape index (κ2) is 10.5. The molecule has 0 radical (unpaired) electrons. The van der Waals surface area contributed by atoms with Crippen molar-refractivity contribution in [1.82, 2.24) is 4.98 Å². The van der Waals surface area contributed by atoms with Gasteiger partial charge in [-0.05, 0) is 54.4 Å². The van der Waals surface area contributed by atoms with E-state index in [-0.39, 0.29) is 29.4 Å². The number of aromatic nitrogens is 1. The highest BCUT2D eigenvalue weighted by Gasteiger charge is 2.22. The standard InChI is InChI=1S/C25H23ClN2O4S2/c1-32-20-11-14-22-23(16-20)33-25(27-22)28(17-18-6-3-2-4-7-18)24(29)8-5-15-34(30,31)21-12-9-19(26)10-13-21/h2-4,6-7,9-14,16H,5,8,15,17H2,1H3. The van der Waals surface area contributed by atoms with Crippen LogP contribution in [0.4, 0.5) is 5.13 Å². The van der Waals surface area contributed by atoms with Gasteiger partial charge in [0.05, 0.1) is 34.5 Å². The van der Waals surface area contributed by atoms with E-state index in [1.54, 1.807) is 24.1 Å². The van der Waals surface area contributed by atoms with Crippen LogP contribution in [0.2, 0.25) is 5.02 Å². The highest BCUT2D eigenvalue weighted by atomic mass is 35.5. The van der Waals surface area contributed by atoms with Crippen molar-refractivity contribution in [3.63, 3.8) is 0 Å². The van der Waals surface area contributed by atoms with Gasteiger partial charge in [-0.2, -0.15) is 0 Å². The highest BCUT2D eigenvalue weighted by molar-refractivity contribution is 7.91. The number of hydrogen-bond acceptors (Lipinski definition) is 6. The van der Waals surface area contributed by atoms with Crippen molar-refractivity contribution in [2.45, 2.75) is 24.3 Å². The number of amides is 1. The van der Waals surface area contributed by atoms with E-state index in [1.165, 1.54) is 23.5 Å². The normalized spacial score (nSPS) is 11.5. The number of carbonyl (C=O) groups is 1. The summed E-state index contributed by atoms with van der Waals surface area (Å²) >= 11 is 7.26. The number of nitrogens with zero attached hydrogens (tertiary/aromatic N) is 2. The molecule has 0 atom stereocenters. The predicted molar refractivity (Wildman–Crippen MR) is 137 cm³/mol. The Kier molecular flexibility index (Phi) is 7.50. The smallest absolute Gasteiger partial charge is 0.229 e. The molecule has 0 fully saturated rings. The molecule has 0 aliphatic heterocycles. The maximum atomic E-state index is 13.3. The van der Waals surface area contributed by atoms with E-state index in [4.69, 9.17) is 16.3 Å². The molecular weight excluding hydrogens is 492 g/mol. The molecule has 34 heavy (non-hydrogen) atoms. The summed E-state index contributed by atoms with van der Waals surface area (Å²) in [5, 5.41) is 1.04. The highest BCUT2D eigenvalue weighted by Crippen LogP contribution is 2.32. The van der Waals surface area contributed by atoms with Crippen LogP contribution >= 0.6 is 22.9 Å². The van der Waals surface area contributed by atoms with Crippen molar-refractivity contribution in [2.75, 3.05) is 17.8 Å². The third-order valence-corrected chi connectivity index (χ3v) is 8.39. The van der Waals surface area contributed by atoms with E-state index < -0.39 is 9.84 Å². The van der Waals surface area contributed by atoms with Crippen LogP contribution in [0, 0.1) is 0 Å². The topological polar surface area (TPSA) is 76.6 Å². The number of sulfone groups is 1. The minimum Gasteiger partial charge on any atom is -0.497 e. The second-order valence-electron chi connectivity index (χ2n) is 7.67. The van der Waals surface area contributed by atoms with Crippen LogP contribution in [-0.4, -0.2) is 32.2 Å². The van der Waals surface area contributed by atoms with Crippen LogP contribution in [0.1, 0.15) is 18.4 Å². The lowest BCUT2D eigenvalue weighted by atomic mass is 10.2. The predicted octanol–water partition coefficient (Wildman–Crippen LogP) is 5.75. The lowest BCUT2D eigenvalue weighted by Gasteiger charge is -2.20. The van der Waals surface area contributed by atoms with Crippen molar-refractivity contribution in [1.29, 1.82) is 0 Å². The number of anilines is 1. The molecule has 0 unspecified atom stereocenters. The molecule has 9 heteroatoms. The van der Waals surface area contributed by atoms with E-state index in [2.05, 4.69) is 4.98 Å². The summed E-state index contributed by atoms with van der Waals surface area (Å²) < 4.78 is 31.5. The van der Waals surface area contributed by atoms with Gasteiger partial charge >= 0.3 is 0 Å². The number of fused-ring (bicyclic) bond motifs is 1. The van der Waals surface area contributed by atoms with Crippen LogP contribution in [-0.2, 0) is 21.2 Å². The van der Waals surface area contributed by atoms with Crippen molar-refractivity contribution < 1.29 is 17.9 Å². The van der Waals surface area contributed by atoms with E-state index in [1.807, 2.05) is 48.5 Å². The van der Waals surface area contributed by atoms with Gasteiger partial charge in [0, 0.05) is 11.4 Å². The first-order valence-corrected chi connectivity index (χ1v) is 13.5. The summed E-state index contributed by atoms with van der Waals surface area (Å²) in [4.78, 5) is 19.8. The first kappa shape index (κ1) is 24.2. The maximum absolute atomic E-state index is 13.3. The van der Waals surface area contributed by atoms with Gasteiger partial charge in [0.2, 0.25) is 5.91 Å². The number of rotatable bonds is 9. The molecule has 0 spiro atoms. The third-order valence-electron chi connectivity index (χ3n) is 5.28. The number of benzene rings is 3. The molecule has 1 amide bonds.